The summed E-state index contributed by atoms with van der Waals surface area (Å²) in [5, 5.41) is 0. The van der Waals surface area contributed by atoms with Gasteiger partial charge in [-0.1, -0.05) is 44.9 Å². The lowest BCUT2D eigenvalue weighted by Crippen LogP contribution is -2.20. The molecule has 3 heteroatoms. The molecule has 1 aromatic carbocycles. The van der Waals surface area contributed by atoms with Crippen LogP contribution in [0.3, 0.4) is 0 Å². The van der Waals surface area contributed by atoms with Gasteiger partial charge in [-0.25, -0.2) is 4.79 Å². The molecule has 0 radical (unpaired) electrons. The van der Waals surface area contributed by atoms with Crippen LogP contribution in [0.4, 0.5) is 0 Å². The zero-order chi connectivity index (χ0) is 13.9. The summed E-state index contributed by atoms with van der Waals surface area (Å²) in [6.07, 6.45) is 5.77. The topological polar surface area (TPSA) is 38.7 Å². The molecular formula is C16H21NO2. The van der Waals surface area contributed by atoms with Crippen LogP contribution in [0.15, 0.2) is 23.2 Å². The van der Waals surface area contributed by atoms with E-state index in [4.69, 9.17) is 4.74 Å². The van der Waals surface area contributed by atoms with Gasteiger partial charge in [0.2, 0.25) is 6.08 Å². The Bertz CT molecular complexity index is 495. The fourth-order valence-corrected chi connectivity index (χ4v) is 3.09. The van der Waals surface area contributed by atoms with Crippen LogP contribution in [0.1, 0.15) is 56.6 Å². The minimum atomic E-state index is -0.419. The van der Waals surface area contributed by atoms with Gasteiger partial charge in [0.1, 0.15) is 11.3 Å². The van der Waals surface area contributed by atoms with Crippen molar-refractivity contribution in [2.24, 2.45) is 4.99 Å². The number of aliphatic imine (C=N–C) groups is 1. The van der Waals surface area contributed by atoms with Crippen molar-refractivity contribution >= 4 is 6.08 Å². The Morgan fingerprint density at radius 3 is 2.53 bits per heavy atom. The van der Waals surface area contributed by atoms with Crippen LogP contribution in [0, 0.1) is 0 Å². The van der Waals surface area contributed by atoms with Gasteiger partial charge >= 0.3 is 0 Å². The van der Waals surface area contributed by atoms with Crippen molar-refractivity contribution in [3.63, 3.8) is 0 Å². The number of rotatable bonds is 4. The Labute approximate surface area is 114 Å². The number of nitrogens with zero attached hydrogens (tertiary/aromatic N) is 1. The molecule has 3 nitrogen and oxygen atoms in total. The summed E-state index contributed by atoms with van der Waals surface area (Å²) in [5.74, 6) is 1.27. The van der Waals surface area contributed by atoms with Crippen molar-refractivity contribution in [3.8, 4) is 5.75 Å². The highest BCUT2D eigenvalue weighted by atomic mass is 16.5. The normalized spacial score (nSPS) is 17.3. The fourth-order valence-electron chi connectivity index (χ4n) is 3.09. The number of benzene rings is 1. The number of hydrogen-bond acceptors (Lipinski definition) is 3. The second-order valence-corrected chi connectivity index (χ2v) is 5.52. The molecule has 0 spiro atoms. The van der Waals surface area contributed by atoms with E-state index in [2.05, 4.69) is 24.9 Å². The van der Waals surface area contributed by atoms with Gasteiger partial charge in [-0.05, 0) is 24.3 Å². The van der Waals surface area contributed by atoms with Crippen molar-refractivity contribution in [1.82, 2.24) is 0 Å². The highest BCUT2D eigenvalue weighted by molar-refractivity contribution is 5.49. The molecule has 0 atom stereocenters. The Morgan fingerprint density at radius 2 is 2.00 bits per heavy atom. The number of para-hydroxylation sites is 1. The van der Waals surface area contributed by atoms with Gasteiger partial charge in [0.05, 0.1) is 7.11 Å². The monoisotopic (exact) mass is 259 g/mol. The summed E-state index contributed by atoms with van der Waals surface area (Å²) in [4.78, 5) is 15.0. The fraction of sp³-hybridized carbons (Fsp3) is 0.562. The lowest BCUT2D eigenvalue weighted by atomic mass is 9.85. The van der Waals surface area contributed by atoms with Crippen molar-refractivity contribution in [2.45, 2.75) is 51.0 Å². The van der Waals surface area contributed by atoms with E-state index in [1.807, 2.05) is 12.1 Å². The highest BCUT2D eigenvalue weighted by Gasteiger charge is 2.38. The second-order valence-electron chi connectivity index (χ2n) is 5.52. The molecule has 1 saturated carbocycles. The molecule has 1 aromatic rings. The van der Waals surface area contributed by atoms with Gasteiger partial charge in [0.15, 0.2) is 0 Å². The first kappa shape index (κ1) is 13.8. The van der Waals surface area contributed by atoms with Crippen LogP contribution < -0.4 is 4.74 Å². The molecule has 0 aliphatic heterocycles. The largest absolute Gasteiger partial charge is 0.496 e. The minimum Gasteiger partial charge on any atom is -0.496 e. The Morgan fingerprint density at radius 1 is 1.32 bits per heavy atom. The smallest absolute Gasteiger partial charge is 0.235 e. The van der Waals surface area contributed by atoms with Crippen molar-refractivity contribution in [3.05, 3.63) is 29.3 Å². The van der Waals surface area contributed by atoms with Gasteiger partial charge in [0, 0.05) is 5.56 Å². The first-order valence-electron chi connectivity index (χ1n) is 6.91. The van der Waals surface area contributed by atoms with Crippen LogP contribution in [0.2, 0.25) is 0 Å². The molecule has 0 unspecified atom stereocenters. The number of carbonyl (C=O) groups excluding carboxylic acids is 1. The van der Waals surface area contributed by atoms with Crippen LogP contribution in [0.5, 0.6) is 5.75 Å². The molecule has 2 rings (SSSR count). The van der Waals surface area contributed by atoms with E-state index in [1.165, 1.54) is 5.56 Å². The van der Waals surface area contributed by atoms with E-state index in [9.17, 15) is 4.79 Å². The first-order valence-corrected chi connectivity index (χ1v) is 6.91. The lowest BCUT2D eigenvalue weighted by Gasteiger charge is -2.27. The summed E-state index contributed by atoms with van der Waals surface area (Å²) >= 11 is 0. The van der Waals surface area contributed by atoms with E-state index in [0.717, 1.165) is 37.0 Å². The Hall–Kier alpha value is -1.60. The summed E-state index contributed by atoms with van der Waals surface area (Å²) in [6, 6.07) is 6.16. The lowest BCUT2D eigenvalue weighted by molar-refractivity contribution is 0.373. The molecule has 0 N–H and O–H groups in total. The van der Waals surface area contributed by atoms with Gasteiger partial charge in [-0.3, -0.25) is 0 Å². The third-order valence-electron chi connectivity index (χ3n) is 4.06. The van der Waals surface area contributed by atoms with Crippen molar-refractivity contribution < 1.29 is 9.53 Å². The van der Waals surface area contributed by atoms with E-state index in [0.29, 0.717) is 5.92 Å². The molecule has 0 amide bonds. The zero-order valence-electron chi connectivity index (χ0n) is 11.9. The quantitative estimate of drug-likeness (QED) is 0.607. The predicted octanol–water partition coefficient (Wildman–Crippen LogP) is 3.92. The number of ether oxygens (including phenoxy) is 1. The Kier molecular flexibility index (Phi) is 4.06. The van der Waals surface area contributed by atoms with Gasteiger partial charge in [-0.15, -0.1) is 0 Å². The summed E-state index contributed by atoms with van der Waals surface area (Å²) in [6.45, 7) is 4.29. The van der Waals surface area contributed by atoms with Crippen molar-refractivity contribution in [1.29, 1.82) is 0 Å². The van der Waals surface area contributed by atoms with Gasteiger partial charge in [0.25, 0.3) is 0 Å². The van der Waals surface area contributed by atoms with Crippen LogP contribution in [-0.2, 0) is 10.3 Å². The van der Waals surface area contributed by atoms with Gasteiger partial charge < -0.3 is 4.74 Å². The molecule has 1 aliphatic carbocycles. The number of isocyanates is 1. The Balaban J connectivity index is 2.60. The molecule has 19 heavy (non-hydrogen) atoms. The van der Waals surface area contributed by atoms with Crippen molar-refractivity contribution in [2.75, 3.05) is 7.11 Å². The van der Waals surface area contributed by atoms with Crippen LogP contribution >= 0.6 is 0 Å². The molecule has 0 saturated heterocycles. The average Bonchev–Trinajstić information content (AvgIpc) is 2.87. The second kappa shape index (κ2) is 5.58. The van der Waals surface area contributed by atoms with E-state index in [1.54, 1.807) is 13.2 Å². The first-order chi connectivity index (χ1) is 9.14. The molecule has 0 heterocycles. The van der Waals surface area contributed by atoms with E-state index < -0.39 is 5.54 Å². The summed E-state index contributed by atoms with van der Waals surface area (Å²) in [5.41, 5.74) is 1.80. The molecule has 0 bridgehead atoms. The summed E-state index contributed by atoms with van der Waals surface area (Å²) < 4.78 is 5.63. The number of methoxy groups -OCH3 is 1. The van der Waals surface area contributed by atoms with E-state index >= 15 is 0 Å². The molecule has 1 aliphatic rings. The minimum absolute atomic E-state index is 0.383. The molecule has 0 aromatic heterocycles. The maximum atomic E-state index is 10.8. The maximum absolute atomic E-state index is 10.8. The predicted molar refractivity (Wildman–Crippen MR) is 75.4 cm³/mol. The number of hydrogen-bond donors (Lipinski definition) is 0. The summed E-state index contributed by atoms with van der Waals surface area (Å²) in [7, 11) is 1.69. The molecule has 102 valence electrons. The zero-order valence-corrected chi connectivity index (χ0v) is 11.9. The third-order valence-corrected chi connectivity index (χ3v) is 4.06. The average molecular weight is 259 g/mol. The molecule has 1 fully saturated rings. The van der Waals surface area contributed by atoms with Crippen LogP contribution in [0.25, 0.3) is 0 Å². The maximum Gasteiger partial charge on any atom is 0.235 e. The third kappa shape index (κ3) is 2.43. The standard InChI is InChI=1S/C16H21NO2/c1-12(2)13-7-6-8-14(15(13)19-3)16(17-11-18)9-4-5-10-16/h6-8,12H,4-5,9-10H2,1-3H3. The molecular weight excluding hydrogens is 238 g/mol. The van der Waals surface area contributed by atoms with Gasteiger partial charge in [-0.2, -0.15) is 4.99 Å². The van der Waals surface area contributed by atoms with E-state index in [-0.39, 0.29) is 0 Å². The SMILES string of the molecule is COc1c(C(C)C)cccc1C1(N=C=O)CCCC1. The van der Waals surface area contributed by atoms with Crippen LogP contribution in [-0.4, -0.2) is 13.2 Å². The highest BCUT2D eigenvalue weighted by Crippen LogP contribution is 2.47.